The van der Waals surface area contributed by atoms with E-state index >= 15 is 0 Å². The smallest absolute Gasteiger partial charge is 0.316 e. The summed E-state index contributed by atoms with van der Waals surface area (Å²) >= 11 is 5.44. The molecule has 0 radical (unpaired) electrons. The normalized spacial score (nSPS) is 10.9. The average molecular weight is 292 g/mol. The van der Waals surface area contributed by atoms with Crippen molar-refractivity contribution in [3.63, 3.8) is 0 Å². The highest BCUT2D eigenvalue weighted by Gasteiger charge is 2.09. The first-order valence-electron chi connectivity index (χ1n) is 5.16. The standard InChI is InChI=1S/C10H14ClN3O3S/c11-6-1-7-18(16,17)14-9-4-2-8(3-5-9)13-10(12)15/h2-5,14H,1,6-7H2,(H3,12,13,15). The molecule has 1 aromatic rings. The summed E-state index contributed by atoms with van der Waals surface area (Å²) in [6.45, 7) is 0. The van der Waals surface area contributed by atoms with Gasteiger partial charge in [-0.05, 0) is 30.7 Å². The first-order chi connectivity index (χ1) is 8.43. The highest BCUT2D eigenvalue weighted by molar-refractivity contribution is 7.92. The predicted octanol–water partition coefficient (Wildman–Crippen LogP) is 1.55. The van der Waals surface area contributed by atoms with Crippen LogP contribution in [-0.4, -0.2) is 26.1 Å². The minimum atomic E-state index is -3.38. The SMILES string of the molecule is NC(=O)Nc1ccc(NS(=O)(=O)CCCCl)cc1. The largest absolute Gasteiger partial charge is 0.351 e. The summed E-state index contributed by atoms with van der Waals surface area (Å²) < 4.78 is 25.5. The third kappa shape index (κ3) is 5.24. The van der Waals surface area contributed by atoms with Crippen molar-refractivity contribution >= 4 is 39.0 Å². The average Bonchev–Trinajstić information content (AvgIpc) is 2.28. The molecule has 0 aliphatic carbocycles. The molecule has 8 heteroatoms. The second kappa shape index (κ2) is 6.46. The first-order valence-corrected chi connectivity index (χ1v) is 7.34. The zero-order valence-electron chi connectivity index (χ0n) is 9.52. The van der Waals surface area contributed by atoms with Crippen LogP contribution in [0.15, 0.2) is 24.3 Å². The molecule has 0 unspecified atom stereocenters. The van der Waals surface area contributed by atoms with Crippen molar-refractivity contribution in [3.05, 3.63) is 24.3 Å². The second-order valence-electron chi connectivity index (χ2n) is 3.53. The van der Waals surface area contributed by atoms with Crippen LogP contribution in [-0.2, 0) is 10.0 Å². The summed E-state index contributed by atoms with van der Waals surface area (Å²) in [5.74, 6) is 0.264. The van der Waals surface area contributed by atoms with Crippen molar-refractivity contribution in [2.75, 3.05) is 21.7 Å². The lowest BCUT2D eigenvalue weighted by Crippen LogP contribution is -2.19. The van der Waals surface area contributed by atoms with Crippen LogP contribution in [0.4, 0.5) is 16.2 Å². The van der Waals surface area contributed by atoms with Gasteiger partial charge in [0.25, 0.3) is 0 Å². The summed E-state index contributed by atoms with van der Waals surface area (Å²) in [7, 11) is -3.38. The Morgan fingerprint density at radius 2 is 1.78 bits per heavy atom. The van der Waals surface area contributed by atoms with Gasteiger partial charge in [-0.25, -0.2) is 13.2 Å². The Bertz CT molecular complexity index is 502. The van der Waals surface area contributed by atoms with Crippen LogP contribution in [0.25, 0.3) is 0 Å². The van der Waals surface area contributed by atoms with E-state index in [9.17, 15) is 13.2 Å². The van der Waals surface area contributed by atoms with E-state index in [0.29, 0.717) is 23.7 Å². The van der Waals surface area contributed by atoms with Gasteiger partial charge in [0.15, 0.2) is 0 Å². The summed E-state index contributed by atoms with van der Waals surface area (Å²) in [5, 5.41) is 2.37. The molecule has 0 atom stereocenters. The molecule has 0 spiro atoms. The van der Waals surface area contributed by atoms with E-state index in [1.807, 2.05) is 0 Å². The van der Waals surface area contributed by atoms with Crippen molar-refractivity contribution in [3.8, 4) is 0 Å². The van der Waals surface area contributed by atoms with Gasteiger partial charge in [0, 0.05) is 17.3 Å². The minimum Gasteiger partial charge on any atom is -0.351 e. The Balaban J connectivity index is 2.66. The molecule has 100 valence electrons. The molecule has 0 aromatic heterocycles. The van der Waals surface area contributed by atoms with Gasteiger partial charge in [0.05, 0.1) is 5.75 Å². The fourth-order valence-electron chi connectivity index (χ4n) is 1.24. The van der Waals surface area contributed by atoms with Crippen LogP contribution in [0.3, 0.4) is 0 Å². The zero-order chi connectivity index (χ0) is 13.6. The van der Waals surface area contributed by atoms with Crippen LogP contribution in [0.5, 0.6) is 0 Å². The molecule has 6 nitrogen and oxygen atoms in total. The Morgan fingerprint density at radius 3 is 2.28 bits per heavy atom. The molecule has 18 heavy (non-hydrogen) atoms. The lowest BCUT2D eigenvalue weighted by Gasteiger charge is -2.08. The minimum absolute atomic E-state index is 0.0300. The molecule has 0 fully saturated rings. The molecular formula is C10H14ClN3O3S. The number of rotatable bonds is 6. The van der Waals surface area contributed by atoms with E-state index in [0.717, 1.165) is 0 Å². The number of hydrogen-bond acceptors (Lipinski definition) is 3. The van der Waals surface area contributed by atoms with Crippen LogP contribution in [0.2, 0.25) is 0 Å². The van der Waals surface area contributed by atoms with Crippen LogP contribution in [0.1, 0.15) is 6.42 Å². The van der Waals surface area contributed by atoms with Crippen molar-refractivity contribution in [2.45, 2.75) is 6.42 Å². The number of primary amides is 1. The summed E-state index contributed by atoms with van der Waals surface area (Å²) in [6.07, 6.45) is 0.387. The molecule has 1 aromatic carbocycles. The number of sulfonamides is 1. The first kappa shape index (κ1) is 14.6. The molecule has 0 aliphatic rings. The number of carbonyl (C=O) groups excluding carboxylic acids is 1. The van der Waals surface area contributed by atoms with Crippen molar-refractivity contribution < 1.29 is 13.2 Å². The van der Waals surface area contributed by atoms with Gasteiger partial charge in [0.2, 0.25) is 10.0 Å². The van der Waals surface area contributed by atoms with E-state index < -0.39 is 16.1 Å². The summed E-state index contributed by atoms with van der Waals surface area (Å²) in [5.41, 5.74) is 5.85. The van der Waals surface area contributed by atoms with Crippen LogP contribution >= 0.6 is 11.6 Å². The van der Waals surface area contributed by atoms with Crippen molar-refractivity contribution in [2.24, 2.45) is 5.73 Å². The van der Waals surface area contributed by atoms with Gasteiger partial charge < -0.3 is 11.1 Å². The molecule has 4 N–H and O–H groups in total. The molecule has 0 saturated heterocycles. The highest BCUT2D eigenvalue weighted by atomic mass is 35.5. The fourth-order valence-corrected chi connectivity index (χ4v) is 2.65. The second-order valence-corrected chi connectivity index (χ2v) is 5.75. The topological polar surface area (TPSA) is 101 Å². The van der Waals surface area contributed by atoms with E-state index in [-0.39, 0.29) is 5.75 Å². The summed E-state index contributed by atoms with van der Waals surface area (Å²) in [4.78, 5) is 10.6. The van der Waals surface area contributed by atoms with E-state index in [2.05, 4.69) is 10.0 Å². The lowest BCUT2D eigenvalue weighted by molar-refractivity contribution is 0.259. The van der Waals surface area contributed by atoms with Gasteiger partial charge in [-0.15, -0.1) is 11.6 Å². The number of nitrogens with two attached hydrogens (primary N) is 1. The number of halogens is 1. The van der Waals surface area contributed by atoms with E-state index in [4.69, 9.17) is 17.3 Å². The van der Waals surface area contributed by atoms with E-state index in [1.165, 1.54) is 12.1 Å². The molecule has 0 saturated carbocycles. The molecule has 0 heterocycles. The van der Waals surface area contributed by atoms with Gasteiger partial charge in [-0.1, -0.05) is 0 Å². The van der Waals surface area contributed by atoms with Crippen molar-refractivity contribution in [1.29, 1.82) is 0 Å². The molecule has 2 amide bonds. The Hall–Kier alpha value is -1.47. The van der Waals surface area contributed by atoms with E-state index in [1.54, 1.807) is 12.1 Å². The quantitative estimate of drug-likeness (QED) is 0.693. The Morgan fingerprint density at radius 1 is 1.22 bits per heavy atom. The number of hydrogen-bond donors (Lipinski definition) is 3. The summed E-state index contributed by atoms with van der Waals surface area (Å²) in [6, 6.07) is 5.48. The number of urea groups is 1. The third-order valence-electron chi connectivity index (χ3n) is 1.97. The number of anilines is 2. The fraction of sp³-hybridized carbons (Fsp3) is 0.300. The Labute approximate surface area is 111 Å². The molecule has 1 rings (SSSR count). The van der Waals surface area contributed by atoms with Crippen molar-refractivity contribution in [1.82, 2.24) is 0 Å². The Kier molecular flexibility index (Phi) is 5.24. The maximum absolute atomic E-state index is 11.6. The number of amides is 2. The molecular weight excluding hydrogens is 278 g/mol. The third-order valence-corrected chi connectivity index (χ3v) is 3.61. The maximum Gasteiger partial charge on any atom is 0.316 e. The van der Waals surface area contributed by atoms with Gasteiger partial charge >= 0.3 is 6.03 Å². The van der Waals surface area contributed by atoms with Gasteiger partial charge in [-0.2, -0.15) is 0 Å². The lowest BCUT2D eigenvalue weighted by atomic mass is 10.3. The van der Waals surface area contributed by atoms with Crippen LogP contribution in [0, 0.1) is 0 Å². The highest BCUT2D eigenvalue weighted by Crippen LogP contribution is 2.15. The predicted molar refractivity (Wildman–Crippen MR) is 72.4 cm³/mol. The van der Waals surface area contributed by atoms with Crippen LogP contribution < -0.4 is 15.8 Å². The monoisotopic (exact) mass is 291 g/mol. The zero-order valence-corrected chi connectivity index (χ0v) is 11.1. The van der Waals surface area contributed by atoms with Gasteiger partial charge in [0.1, 0.15) is 0 Å². The van der Waals surface area contributed by atoms with Gasteiger partial charge in [-0.3, -0.25) is 4.72 Å². The number of carbonyl (C=O) groups is 1. The molecule has 0 bridgehead atoms. The maximum atomic E-state index is 11.6. The number of alkyl halides is 1. The number of benzene rings is 1. The number of nitrogens with one attached hydrogen (secondary N) is 2. The molecule has 0 aliphatic heterocycles.